The van der Waals surface area contributed by atoms with Crippen molar-refractivity contribution in [2.75, 3.05) is 56.0 Å². The third-order valence-corrected chi connectivity index (χ3v) is 7.61. The minimum absolute atomic E-state index is 0.0857. The van der Waals surface area contributed by atoms with Gasteiger partial charge in [0.25, 0.3) is 0 Å². The van der Waals surface area contributed by atoms with Crippen LogP contribution in [0.4, 0.5) is 35.2 Å². The molecule has 2 fully saturated rings. The number of rotatable bonds is 9. The number of hydrogen-bond acceptors (Lipinski definition) is 8. The first-order chi connectivity index (χ1) is 21.1. The van der Waals surface area contributed by atoms with E-state index < -0.39 is 18.8 Å². The number of nitrogens with one attached hydrogen (secondary N) is 2. The second-order valence-corrected chi connectivity index (χ2v) is 11.2. The molecule has 2 atom stereocenters. The Morgan fingerprint density at radius 1 is 1.00 bits per heavy atom. The molecular weight excluding hydrogens is 577 g/mol. The fourth-order valence-corrected chi connectivity index (χ4v) is 5.50. The van der Waals surface area contributed by atoms with Crippen molar-refractivity contribution < 1.29 is 27.4 Å². The van der Waals surface area contributed by atoms with Crippen LogP contribution < -0.4 is 20.3 Å². The predicted molar refractivity (Wildman–Crippen MR) is 160 cm³/mol. The lowest BCUT2D eigenvalue weighted by Crippen LogP contribution is -2.46. The lowest BCUT2D eigenvalue weighted by atomic mass is 10.1. The molecular formula is C30H33F3N8O3. The maximum atomic E-state index is 13.4. The zero-order chi connectivity index (χ0) is 30.8. The highest BCUT2D eigenvalue weighted by Gasteiger charge is 2.40. The summed E-state index contributed by atoms with van der Waals surface area (Å²) in [5, 5.41) is 10.1. The highest BCUT2D eigenvalue weighted by Crippen LogP contribution is 2.38. The minimum Gasteiger partial charge on any atom is -0.492 e. The van der Waals surface area contributed by atoms with Gasteiger partial charge in [-0.15, -0.1) is 0 Å². The lowest BCUT2D eigenvalue weighted by molar-refractivity contribution is -0.141. The molecule has 2 aromatic carbocycles. The topological polar surface area (TPSA) is 110 Å². The van der Waals surface area contributed by atoms with E-state index in [4.69, 9.17) is 14.5 Å². The molecule has 2 bridgehead atoms. The lowest BCUT2D eigenvalue weighted by Gasteiger charge is -2.36. The van der Waals surface area contributed by atoms with Gasteiger partial charge in [0.2, 0.25) is 0 Å². The van der Waals surface area contributed by atoms with Gasteiger partial charge in [0, 0.05) is 23.5 Å². The number of anilines is 3. The Hall–Kier alpha value is -4.43. The molecule has 11 nitrogen and oxygen atoms in total. The summed E-state index contributed by atoms with van der Waals surface area (Å²) in [6.07, 6.45) is -1.22. The predicted octanol–water partition coefficient (Wildman–Crippen LogP) is 5.01. The van der Waals surface area contributed by atoms with E-state index in [9.17, 15) is 18.0 Å². The number of likely N-dealkylation sites (N-methyl/N-ethyl adjacent to an activating group) is 1. The van der Waals surface area contributed by atoms with Gasteiger partial charge in [-0.3, -0.25) is 0 Å². The zero-order valence-corrected chi connectivity index (χ0v) is 24.3. The number of nitrogens with zero attached hydrogens (tertiary/aromatic N) is 6. The number of aromatic nitrogens is 4. The van der Waals surface area contributed by atoms with E-state index in [0.717, 1.165) is 24.1 Å². The number of carbonyl (C=O) groups is 1. The van der Waals surface area contributed by atoms with Crippen LogP contribution in [0.5, 0.6) is 5.75 Å². The van der Waals surface area contributed by atoms with Gasteiger partial charge in [0.1, 0.15) is 24.7 Å². The molecule has 2 aliphatic heterocycles. The van der Waals surface area contributed by atoms with Crippen molar-refractivity contribution in [1.29, 1.82) is 0 Å². The first-order valence-corrected chi connectivity index (χ1v) is 14.4. The number of carbonyl (C=O) groups excluding carboxylic acids is 1. The average Bonchev–Trinajstić information content (AvgIpc) is 3.48. The summed E-state index contributed by atoms with van der Waals surface area (Å²) in [5.41, 5.74) is 1.82. The van der Waals surface area contributed by atoms with Crippen molar-refractivity contribution in [3.63, 3.8) is 0 Å². The van der Waals surface area contributed by atoms with E-state index in [-0.39, 0.29) is 23.6 Å². The van der Waals surface area contributed by atoms with Crippen molar-refractivity contribution in [2.45, 2.75) is 37.6 Å². The van der Waals surface area contributed by atoms with Gasteiger partial charge in [0.15, 0.2) is 11.5 Å². The Bertz CT molecular complexity index is 1590. The smallest absolute Gasteiger partial charge is 0.408 e. The van der Waals surface area contributed by atoms with E-state index in [1.54, 1.807) is 48.5 Å². The van der Waals surface area contributed by atoms with Crippen molar-refractivity contribution in [3.05, 3.63) is 54.7 Å². The summed E-state index contributed by atoms with van der Waals surface area (Å²) in [7, 11) is 3.94. The molecule has 44 heavy (non-hydrogen) atoms. The van der Waals surface area contributed by atoms with E-state index >= 15 is 0 Å². The summed E-state index contributed by atoms with van der Waals surface area (Å²) in [6.45, 7) is 1.16. The van der Waals surface area contributed by atoms with Crippen molar-refractivity contribution in [2.24, 2.45) is 0 Å². The second-order valence-electron chi connectivity index (χ2n) is 11.2. The first-order valence-electron chi connectivity index (χ1n) is 14.4. The largest absolute Gasteiger partial charge is 0.492 e. The van der Waals surface area contributed by atoms with Crippen LogP contribution in [0.15, 0.2) is 54.7 Å². The van der Waals surface area contributed by atoms with Crippen LogP contribution in [0.3, 0.4) is 0 Å². The Labute approximate surface area is 252 Å². The van der Waals surface area contributed by atoms with Gasteiger partial charge in [-0.25, -0.2) is 19.4 Å². The molecule has 4 aromatic rings. The highest BCUT2D eigenvalue weighted by atomic mass is 19.4. The van der Waals surface area contributed by atoms with Crippen molar-refractivity contribution in [3.8, 4) is 17.1 Å². The van der Waals surface area contributed by atoms with Crippen LogP contribution in [0.1, 0.15) is 12.8 Å². The number of alkyl halides is 3. The van der Waals surface area contributed by atoms with Crippen molar-refractivity contribution >= 4 is 34.3 Å². The van der Waals surface area contributed by atoms with E-state index in [1.807, 2.05) is 19.0 Å². The quantitative estimate of drug-likeness (QED) is 0.272. The molecule has 2 aromatic heterocycles. The number of halogens is 3. The Morgan fingerprint density at radius 2 is 1.64 bits per heavy atom. The molecule has 2 aliphatic rings. The highest BCUT2D eigenvalue weighted by molar-refractivity contribution is 6.00. The average molecular weight is 611 g/mol. The third kappa shape index (κ3) is 6.70. The van der Waals surface area contributed by atoms with Crippen LogP contribution in [-0.2, 0) is 11.3 Å². The molecule has 0 spiro atoms. The molecule has 14 heteroatoms. The standard InChI is InChI=1S/C30H33F3N8O3/c1-39(2)13-14-44-24-11-7-21(8-12-24)36-29(42)35-20-5-3-19(4-6-20)26-37-27-25(15-34-40(27)18-30(31,32)33)28(38-26)41-22-9-10-23(41)17-43-16-22/h3-8,11-12,15,22-23H,9-10,13-14,16-18H2,1-2H3,(H2,35,36,42). The molecule has 232 valence electrons. The number of hydrogen-bond donors (Lipinski definition) is 2. The van der Waals surface area contributed by atoms with E-state index in [2.05, 4.69) is 25.6 Å². The third-order valence-electron chi connectivity index (χ3n) is 7.61. The van der Waals surface area contributed by atoms with Crippen LogP contribution in [-0.4, -0.2) is 89.4 Å². The minimum atomic E-state index is -4.46. The maximum Gasteiger partial charge on any atom is 0.408 e. The molecule has 6 rings (SSSR count). The molecule has 2 amide bonds. The number of benzene rings is 2. The molecule has 2 unspecified atom stereocenters. The SMILES string of the molecule is CN(C)CCOc1ccc(NC(=O)Nc2ccc(-c3nc(N4C5CCC4COC5)c4cnn(CC(F)(F)F)c4n3)cc2)cc1. The molecule has 2 saturated heterocycles. The van der Waals surface area contributed by atoms with Gasteiger partial charge in [-0.1, -0.05) is 0 Å². The normalized spacial score (nSPS) is 18.2. The molecule has 4 heterocycles. The van der Waals surface area contributed by atoms with Gasteiger partial charge in [0.05, 0.1) is 36.9 Å². The van der Waals surface area contributed by atoms with E-state index in [1.165, 1.54) is 6.20 Å². The van der Waals surface area contributed by atoms with Crippen LogP contribution in [0.2, 0.25) is 0 Å². The summed E-state index contributed by atoms with van der Waals surface area (Å²) >= 11 is 0. The van der Waals surface area contributed by atoms with Crippen LogP contribution in [0, 0.1) is 0 Å². The Balaban J connectivity index is 1.19. The zero-order valence-electron chi connectivity index (χ0n) is 24.3. The van der Waals surface area contributed by atoms with Gasteiger partial charge < -0.3 is 29.9 Å². The summed E-state index contributed by atoms with van der Waals surface area (Å²) in [4.78, 5) is 26.2. The fourth-order valence-electron chi connectivity index (χ4n) is 5.50. The van der Waals surface area contributed by atoms with Crippen LogP contribution >= 0.6 is 0 Å². The summed E-state index contributed by atoms with van der Waals surface area (Å²) in [6, 6.07) is 13.6. The first kappa shape index (κ1) is 29.6. The number of fused-ring (bicyclic) bond motifs is 3. The van der Waals surface area contributed by atoms with E-state index in [0.29, 0.717) is 53.7 Å². The van der Waals surface area contributed by atoms with Crippen LogP contribution in [0.25, 0.3) is 22.4 Å². The summed E-state index contributed by atoms with van der Waals surface area (Å²) in [5.74, 6) is 1.54. The number of amides is 2. The number of ether oxygens (including phenoxy) is 2. The monoisotopic (exact) mass is 610 g/mol. The van der Waals surface area contributed by atoms with Gasteiger partial charge in [-0.05, 0) is 75.5 Å². The molecule has 2 N–H and O–H groups in total. The molecule has 0 aliphatic carbocycles. The van der Waals surface area contributed by atoms with Gasteiger partial charge in [-0.2, -0.15) is 18.3 Å². The van der Waals surface area contributed by atoms with Gasteiger partial charge >= 0.3 is 12.2 Å². The molecule has 0 saturated carbocycles. The fraction of sp³-hybridized carbons (Fsp3) is 0.400. The maximum absolute atomic E-state index is 13.4. The number of morpholine rings is 1. The Morgan fingerprint density at radius 3 is 2.25 bits per heavy atom. The number of urea groups is 1. The second kappa shape index (κ2) is 12.3. The molecule has 0 radical (unpaired) electrons. The Kier molecular flexibility index (Phi) is 8.27. The van der Waals surface area contributed by atoms with Crippen molar-refractivity contribution in [1.82, 2.24) is 24.6 Å². The summed E-state index contributed by atoms with van der Waals surface area (Å²) < 4.78 is 52.3.